The molecule has 0 aliphatic heterocycles. The van der Waals surface area contributed by atoms with Crippen molar-refractivity contribution < 1.29 is 9.90 Å². The zero-order valence-corrected chi connectivity index (χ0v) is 9.90. The Balaban J connectivity index is 2.31. The second-order valence-corrected chi connectivity index (χ2v) is 4.87. The summed E-state index contributed by atoms with van der Waals surface area (Å²) in [6.07, 6.45) is 4.67. The number of carboxylic acid groups (broad SMARTS) is 1. The Morgan fingerprint density at radius 3 is 2.94 bits per heavy atom. The minimum absolute atomic E-state index is 0.214. The molecule has 0 unspecified atom stereocenters. The van der Waals surface area contributed by atoms with E-state index in [0.717, 1.165) is 9.88 Å². The summed E-state index contributed by atoms with van der Waals surface area (Å²) in [7, 11) is 0. The molecule has 17 heavy (non-hydrogen) atoms. The summed E-state index contributed by atoms with van der Waals surface area (Å²) >= 11 is 1.54. The summed E-state index contributed by atoms with van der Waals surface area (Å²) in [4.78, 5) is 27.2. The van der Waals surface area contributed by atoms with E-state index in [1.54, 1.807) is 28.3 Å². The highest BCUT2D eigenvalue weighted by molar-refractivity contribution is 7.11. The molecule has 6 heteroatoms. The van der Waals surface area contributed by atoms with E-state index in [2.05, 4.69) is 4.98 Å². The van der Waals surface area contributed by atoms with Crippen molar-refractivity contribution in [2.24, 2.45) is 0 Å². The topological polar surface area (TPSA) is 72.2 Å². The van der Waals surface area contributed by atoms with E-state index in [4.69, 9.17) is 5.11 Å². The summed E-state index contributed by atoms with van der Waals surface area (Å²) in [5, 5.41) is 9.80. The van der Waals surface area contributed by atoms with Crippen LogP contribution in [0, 0.1) is 6.92 Å². The molecular weight excluding hydrogens is 240 g/mol. The minimum atomic E-state index is -1.20. The van der Waals surface area contributed by atoms with E-state index < -0.39 is 11.4 Å². The Kier molecular flexibility index (Phi) is 3.06. The quantitative estimate of drug-likeness (QED) is 0.892. The van der Waals surface area contributed by atoms with Crippen LogP contribution in [0.2, 0.25) is 0 Å². The van der Waals surface area contributed by atoms with Gasteiger partial charge >= 0.3 is 5.97 Å². The van der Waals surface area contributed by atoms with Gasteiger partial charge in [-0.1, -0.05) is 0 Å². The highest BCUT2D eigenvalue weighted by Crippen LogP contribution is 2.12. The maximum absolute atomic E-state index is 11.3. The predicted octanol–water partition coefficient (Wildman–Crippen LogP) is 1.36. The molecule has 0 aliphatic rings. The van der Waals surface area contributed by atoms with Gasteiger partial charge in [0.25, 0.3) is 0 Å². The molecule has 0 radical (unpaired) electrons. The van der Waals surface area contributed by atoms with Gasteiger partial charge in [-0.05, 0) is 6.92 Å². The molecule has 0 saturated heterocycles. The number of carboxylic acids is 1. The molecule has 88 valence electrons. The van der Waals surface area contributed by atoms with Gasteiger partial charge in [0.2, 0.25) is 0 Å². The van der Waals surface area contributed by atoms with Crippen LogP contribution in [-0.2, 0) is 6.54 Å². The molecule has 2 aromatic rings. The molecule has 2 heterocycles. The molecule has 2 rings (SSSR count). The minimum Gasteiger partial charge on any atom is -0.477 e. The molecule has 1 N–H and O–H groups in total. The first-order valence-corrected chi connectivity index (χ1v) is 5.72. The van der Waals surface area contributed by atoms with Gasteiger partial charge in [0.15, 0.2) is 5.43 Å². The van der Waals surface area contributed by atoms with Gasteiger partial charge in [0, 0.05) is 29.5 Å². The lowest BCUT2D eigenvalue weighted by Gasteiger charge is -2.04. The van der Waals surface area contributed by atoms with Crippen molar-refractivity contribution in [3.63, 3.8) is 0 Å². The number of thiazole rings is 1. The first-order valence-electron chi connectivity index (χ1n) is 4.91. The molecule has 0 spiro atoms. The van der Waals surface area contributed by atoms with Crippen LogP contribution in [0.1, 0.15) is 20.2 Å². The van der Waals surface area contributed by atoms with Crippen LogP contribution in [0.3, 0.4) is 0 Å². The third kappa shape index (κ3) is 2.59. The van der Waals surface area contributed by atoms with Crippen LogP contribution >= 0.6 is 11.3 Å². The Hall–Kier alpha value is -1.95. The number of rotatable bonds is 3. The number of aryl methyl sites for hydroxylation is 1. The largest absolute Gasteiger partial charge is 0.477 e. The Bertz CT molecular complexity index is 615. The number of carbonyl (C=O) groups is 1. The van der Waals surface area contributed by atoms with Crippen LogP contribution in [0.4, 0.5) is 0 Å². The number of hydrogen-bond acceptors (Lipinski definition) is 4. The van der Waals surface area contributed by atoms with Crippen LogP contribution in [-0.4, -0.2) is 20.6 Å². The summed E-state index contributed by atoms with van der Waals surface area (Å²) < 4.78 is 1.66. The fourth-order valence-electron chi connectivity index (χ4n) is 1.44. The maximum atomic E-state index is 11.3. The highest BCUT2D eigenvalue weighted by atomic mass is 32.1. The highest BCUT2D eigenvalue weighted by Gasteiger charge is 2.08. The van der Waals surface area contributed by atoms with Gasteiger partial charge < -0.3 is 9.67 Å². The van der Waals surface area contributed by atoms with E-state index in [0.29, 0.717) is 6.54 Å². The zero-order chi connectivity index (χ0) is 12.4. The molecule has 2 aromatic heterocycles. The first-order chi connectivity index (χ1) is 8.06. The van der Waals surface area contributed by atoms with Crippen LogP contribution in [0.25, 0.3) is 0 Å². The molecule has 0 aromatic carbocycles. The number of nitrogens with zero attached hydrogens (tertiary/aromatic N) is 2. The van der Waals surface area contributed by atoms with Gasteiger partial charge in [0.1, 0.15) is 5.56 Å². The molecule has 0 fully saturated rings. The van der Waals surface area contributed by atoms with E-state index in [1.165, 1.54) is 12.3 Å². The van der Waals surface area contributed by atoms with Gasteiger partial charge in [-0.25, -0.2) is 9.78 Å². The predicted molar refractivity (Wildman–Crippen MR) is 63.6 cm³/mol. The lowest BCUT2D eigenvalue weighted by Crippen LogP contribution is -2.16. The average molecular weight is 250 g/mol. The fraction of sp³-hybridized carbons (Fsp3) is 0.182. The molecule has 0 atom stereocenters. The second kappa shape index (κ2) is 4.50. The zero-order valence-electron chi connectivity index (χ0n) is 9.08. The number of aromatic nitrogens is 2. The van der Waals surface area contributed by atoms with Crippen molar-refractivity contribution >= 4 is 17.3 Å². The SMILES string of the molecule is Cc1ncc(Cn2ccc(=O)c(C(=O)O)c2)s1. The molecule has 5 nitrogen and oxygen atoms in total. The third-order valence-corrected chi connectivity index (χ3v) is 3.11. The second-order valence-electron chi connectivity index (χ2n) is 3.55. The summed E-state index contributed by atoms with van der Waals surface area (Å²) in [6.45, 7) is 2.42. The average Bonchev–Trinajstić information content (AvgIpc) is 2.66. The fourth-order valence-corrected chi connectivity index (χ4v) is 2.25. The summed E-state index contributed by atoms with van der Waals surface area (Å²) in [6, 6.07) is 1.26. The van der Waals surface area contributed by atoms with Crippen molar-refractivity contribution in [1.82, 2.24) is 9.55 Å². The van der Waals surface area contributed by atoms with Crippen LogP contribution < -0.4 is 5.43 Å². The summed E-state index contributed by atoms with van der Waals surface area (Å²) in [5.74, 6) is -1.20. The van der Waals surface area contributed by atoms with Gasteiger partial charge in [-0.2, -0.15) is 0 Å². The van der Waals surface area contributed by atoms with Crippen molar-refractivity contribution in [2.75, 3.05) is 0 Å². The lowest BCUT2D eigenvalue weighted by atomic mass is 10.3. The van der Waals surface area contributed by atoms with Gasteiger partial charge in [0.05, 0.1) is 11.6 Å². The number of hydrogen-bond donors (Lipinski definition) is 1. The standard InChI is InChI=1S/C11H10N2O3S/c1-7-12-4-8(17-7)5-13-3-2-10(14)9(6-13)11(15)16/h2-4,6H,5H2,1H3,(H,15,16). The van der Waals surface area contributed by atoms with E-state index in [-0.39, 0.29) is 5.56 Å². The number of aromatic carboxylic acids is 1. The third-order valence-electron chi connectivity index (χ3n) is 2.22. The Morgan fingerprint density at radius 1 is 1.59 bits per heavy atom. The Morgan fingerprint density at radius 2 is 2.35 bits per heavy atom. The molecule has 0 bridgehead atoms. The van der Waals surface area contributed by atoms with E-state index >= 15 is 0 Å². The molecule has 0 aliphatic carbocycles. The number of pyridine rings is 1. The Labute approximate surface area is 101 Å². The van der Waals surface area contributed by atoms with Crippen molar-refractivity contribution in [3.05, 3.63) is 50.3 Å². The normalized spacial score (nSPS) is 10.4. The van der Waals surface area contributed by atoms with Gasteiger partial charge in [-0.15, -0.1) is 11.3 Å². The first kappa shape index (κ1) is 11.5. The molecular formula is C11H10N2O3S. The molecule has 0 amide bonds. The van der Waals surface area contributed by atoms with Crippen molar-refractivity contribution in [3.8, 4) is 0 Å². The monoisotopic (exact) mass is 250 g/mol. The van der Waals surface area contributed by atoms with Crippen molar-refractivity contribution in [1.29, 1.82) is 0 Å². The lowest BCUT2D eigenvalue weighted by molar-refractivity contribution is 0.0694. The van der Waals surface area contributed by atoms with Crippen LogP contribution in [0.15, 0.2) is 29.5 Å². The van der Waals surface area contributed by atoms with E-state index in [9.17, 15) is 9.59 Å². The van der Waals surface area contributed by atoms with Gasteiger partial charge in [-0.3, -0.25) is 4.79 Å². The smallest absolute Gasteiger partial charge is 0.341 e. The van der Waals surface area contributed by atoms with Crippen molar-refractivity contribution in [2.45, 2.75) is 13.5 Å². The maximum Gasteiger partial charge on any atom is 0.341 e. The van der Waals surface area contributed by atoms with Crippen LogP contribution in [0.5, 0.6) is 0 Å². The summed E-state index contributed by atoms with van der Waals surface area (Å²) in [5.41, 5.74) is -0.692. The van der Waals surface area contributed by atoms with E-state index in [1.807, 2.05) is 6.92 Å². The molecule has 0 saturated carbocycles.